The Morgan fingerprint density at radius 1 is 1.45 bits per heavy atom. The van der Waals surface area contributed by atoms with Crippen LogP contribution in [0, 0.1) is 5.82 Å². The summed E-state index contributed by atoms with van der Waals surface area (Å²) in [7, 11) is 0. The van der Waals surface area contributed by atoms with Crippen molar-refractivity contribution in [1.82, 2.24) is 9.55 Å². The van der Waals surface area contributed by atoms with Crippen molar-refractivity contribution in [3.8, 4) is 0 Å². The first-order valence-electron chi connectivity index (χ1n) is 6.95. The van der Waals surface area contributed by atoms with Gasteiger partial charge in [0.2, 0.25) is 0 Å². The summed E-state index contributed by atoms with van der Waals surface area (Å²) in [6, 6.07) is 7.69. The number of benzene rings is 1. The van der Waals surface area contributed by atoms with Gasteiger partial charge in [-0.1, -0.05) is 12.1 Å². The number of hydrogen-bond donors (Lipinski definition) is 2. The van der Waals surface area contributed by atoms with Gasteiger partial charge in [0.25, 0.3) is 0 Å². The van der Waals surface area contributed by atoms with Crippen LogP contribution in [-0.2, 0) is 4.74 Å². The van der Waals surface area contributed by atoms with Gasteiger partial charge in [0, 0.05) is 18.5 Å². The molecule has 116 valence electrons. The molecule has 2 aromatic rings. The second kappa shape index (κ2) is 5.86. The summed E-state index contributed by atoms with van der Waals surface area (Å²) in [4.78, 5) is 15.6. The molecule has 1 aromatic heterocycles. The van der Waals surface area contributed by atoms with Crippen molar-refractivity contribution in [2.24, 2.45) is 0 Å². The number of aliphatic hydroxyl groups is 1. The van der Waals surface area contributed by atoms with Crippen LogP contribution in [-0.4, -0.2) is 27.4 Å². The largest absolute Gasteiger partial charge is 0.394 e. The van der Waals surface area contributed by atoms with Gasteiger partial charge in [0.1, 0.15) is 17.9 Å². The lowest BCUT2D eigenvalue weighted by atomic mass is 9.92. The Bertz CT molecular complexity index is 734. The summed E-state index contributed by atoms with van der Waals surface area (Å²) in [6.45, 7) is -0.213. The second-order valence-corrected chi connectivity index (χ2v) is 5.25. The van der Waals surface area contributed by atoms with Crippen LogP contribution in [0.2, 0.25) is 0 Å². The Balaban J connectivity index is 1.90. The number of rotatable bonds is 3. The third-order valence-corrected chi connectivity index (χ3v) is 3.85. The summed E-state index contributed by atoms with van der Waals surface area (Å²) >= 11 is 0. The first-order chi connectivity index (χ1) is 10.6. The smallest absolute Gasteiger partial charge is 0.351 e. The van der Waals surface area contributed by atoms with Gasteiger partial charge in [-0.25, -0.2) is 9.18 Å². The van der Waals surface area contributed by atoms with Gasteiger partial charge in [-0.05, 0) is 23.8 Å². The van der Waals surface area contributed by atoms with E-state index in [1.165, 1.54) is 29.0 Å². The van der Waals surface area contributed by atoms with E-state index in [1.54, 1.807) is 12.1 Å². The van der Waals surface area contributed by atoms with Crippen LogP contribution in [0.3, 0.4) is 0 Å². The van der Waals surface area contributed by atoms with Crippen LogP contribution in [0.5, 0.6) is 0 Å². The molecule has 3 atom stereocenters. The van der Waals surface area contributed by atoms with Crippen molar-refractivity contribution in [2.75, 3.05) is 12.3 Å². The van der Waals surface area contributed by atoms with E-state index >= 15 is 0 Å². The van der Waals surface area contributed by atoms with E-state index in [0.29, 0.717) is 6.42 Å². The highest BCUT2D eigenvalue weighted by Gasteiger charge is 2.37. The summed E-state index contributed by atoms with van der Waals surface area (Å²) < 4.78 is 20.5. The minimum Gasteiger partial charge on any atom is -0.394 e. The third kappa shape index (κ3) is 2.72. The fourth-order valence-corrected chi connectivity index (χ4v) is 2.80. The zero-order chi connectivity index (χ0) is 15.7. The van der Waals surface area contributed by atoms with Crippen LogP contribution >= 0.6 is 0 Å². The van der Waals surface area contributed by atoms with Crippen molar-refractivity contribution in [1.29, 1.82) is 0 Å². The third-order valence-electron chi connectivity index (χ3n) is 3.85. The van der Waals surface area contributed by atoms with E-state index in [1.807, 2.05) is 0 Å². The lowest BCUT2D eigenvalue weighted by Crippen LogP contribution is -2.27. The monoisotopic (exact) mass is 305 g/mol. The molecule has 3 rings (SSSR count). The molecular weight excluding hydrogens is 289 g/mol. The maximum atomic E-state index is 13.4. The van der Waals surface area contributed by atoms with Gasteiger partial charge in [-0.3, -0.25) is 4.57 Å². The predicted molar refractivity (Wildman–Crippen MR) is 77.7 cm³/mol. The second-order valence-electron chi connectivity index (χ2n) is 5.25. The number of hydrogen-bond acceptors (Lipinski definition) is 5. The van der Waals surface area contributed by atoms with Crippen molar-refractivity contribution in [2.45, 2.75) is 24.7 Å². The van der Waals surface area contributed by atoms with E-state index in [4.69, 9.17) is 10.5 Å². The Hall–Kier alpha value is -2.25. The molecule has 0 amide bonds. The van der Waals surface area contributed by atoms with E-state index < -0.39 is 18.0 Å². The fraction of sp³-hybridized carbons (Fsp3) is 0.333. The van der Waals surface area contributed by atoms with Gasteiger partial charge in [0.05, 0.1) is 12.7 Å². The highest BCUT2D eigenvalue weighted by Crippen LogP contribution is 2.39. The number of nitrogen functional groups attached to an aromatic ring is 1. The van der Waals surface area contributed by atoms with Crippen molar-refractivity contribution < 1.29 is 14.2 Å². The van der Waals surface area contributed by atoms with E-state index in [2.05, 4.69) is 4.98 Å². The molecule has 1 aromatic carbocycles. The molecule has 1 aliphatic rings. The summed E-state index contributed by atoms with van der Waals surface area (Å²) in [6.07, 6.45) is 0.889. The summed E-state index contributed by atoms with van der Waals surface area (Å²) in [5.41, 5.74) is 5.69. The molecule has 1 aliphatic heterocycles. The standard InChI is InChI=1S/C15H16FN3O3/c16-10-3-1-2-9(6-10)11-7-14(22-12(11)8-20)19-5-4-13(17)18-15(19)21/h1-6,11-12,14,20H,7-8H2,(H2,17,18,21)/t11-,12+,14+/m0/s1. The van der Waals surface area contributed by atoms with E-state index in [9.17, 15) is 14.3 Å². The predicted octanol–water partition coefficient (Wildman–Crippen LogP) is 1.03. The molecule has 2 heterocycles. The lowest BCUT2D eigenvalue weighted by molar-refractivity contribution is -0.0274. The molecule has 1 fully saturated rings. The molecule has 0 spiro atoms. The van der Waals surface area contributed by atoms with Crippen LogP contribution in [0.1, 0.15) is 24.1 Å². The molecule has 0 aliphatic carbocycles. The Morgan fingerprint density at radius 3 is 2.95 bits per heavy atom. The van der Waals surface area contributed by atoms with Crippen LogP contribution < -0.4 is 11.4 Å². The van der Waals surface area contributed by atoms with Crippen molar-refractivity contribution in [3.63, 3.8) is 0 Å². The van der Waals surface area contributed by atoms with Crippen LogP contribution in [0.15, 0.2) is 41.3 Å². The maximum absolute atomic E-state index is 13.4. The molecule has 7 heteroatoms. The Labute approximate surface area is 126 Å². The number of nitrogens with two attached hydrogens (primary N) is 1. The SMILES string of the molecule is Nc1ccn([C@H]2C[C@@H](c3cccc(F)c3)[C@@H](CO)O2)c(=O)n1. The molecule has 1 saturated heterocycles. The zero-order valence-electron chi connectivity index (χ0n) is 11.7. The lowest BCUT2D eigenvalue weighted by Gasteiger charge is -2.16. The number of nitrogens with zero attached hydrogens (tertiary/aromatic N) is 2. The molecule has 0 unspecified atom stereocenters. The number of halogens is 1. The van der Waals surface area contributed by atoms with Crippen LogP contribution in [0.4, 0.5) is 10.2 Å². The topological polar surface area (TPSA) is 90.4 Å². The van der Waals surface area contributed by atoms with Gasteiger partial charge < -0.3 is 15.6 Å². The average molecular weight is 305 g/mol. The summed E-state index contributed by atoms with van der Waals surface area (Å²) in [5.74, 6) is -0.404. The number of aliphatic hydroxyl groups excluding tert-OH is 1. The number of aromatic nitrogens is 2. The number of ether oxygens (including phenoxy) is 1. The number of anilines is 1. The normalized spacial score (nSPS) is 24.5. The minimum atomic E-state index is -0.564. The van der Waals surface area contributed by atoms with Gasteiger partial charge in [0.15, 0.2) is 0 Å². The van der Waals surface area contributed by atoms with Crippen molar-refractivity contribution >= 4 is 5.82 Å². The molecule has 0 saturated carbocycles. The quantitative estimate of drug-likeness (QED) is 0.884. The first kappa shape index (κ1) is 14.7. The molecular formula is C15H16FN3O3. The average Bonchev–Trinajstić information content (AvgIpc) is 2.91. The van der Waals surface area contributed by atoms with Gasteiger partial charge in [-0.15, -0.1) is 0 Å². The fourth-order valence-electron chi connectivity index (χ4n) is 2.80. The molecule has 0 radical (unpaired) electrons. The first-order valence-corrected chi connectivity index (χ1v) is 6.95. The van der Waals surface area contributed by atoms with E-state index in [-0.39, 0.29) is 24.2 Å². The minimum absolute atomic E-state index is 0.139. The molecule has 22 heavy (non-hydrogen) atoms. The van der Waals surface area contributed by atoms with Crippen LogP contribution in [0.25, 0.3) is 0 Å². The molecule has 3 N–H and O–H groups in total. The maximum Gasteiger partial charge on any atom is 0.351 e. The molecule has 6 nitrogen and oxygen atoms in total. The van der Waals surface area contributed by atoms with Gasteiger partial charge >= 0.3 is 5.69 Å². The van der Waals surface area contributed by atoms with Gasteiger partial charge in [-0.2, -0.15) is 4.98 Å². The summed E-state index contributed by atoms with van der Waals surface area (Å²) in [5, 5.41) is 9.50. The Kier molecular flexibility index (Phi) is 3.91. The van der Waals surface area contributed by atoms with E-state index in [0.717, 1.165) is 5.56 Å². The van der Waals surface area contributed by atoms with Crippen molar-refractivity contribution in [3.05, 3.63) is 58.4 Å². The Morgan fingerprint density at radius 2 is 2.27 bits per heavy atom. The highest BCUT2D eigenvalue weighted by molar-refractivity contribution is 5.25. The highest BCUT2D eigenvalue weighted by atomic mass is 19.1. The molecule has 0 bridgehead atoms. The zero-order valence-corrected chi connectivity index (χ0v) is 11.7.